The predicted octanol–water partition coefficient (Wildman–Crippen LogP) is 6.48. The van der Waals surface area contributed by atoms with E-state index in [1.807, 2.05) is 0 Å². The van der Waals surface area contributed by atoms with Gasteiger partial charge in [0, 0.05) is 23.3 Å². The molecular formula is C26H33FN+. The minimum Gasteiger partial charge on any atom is -0.206 e. The first-order chi connectivity index (χ1) is 13.2. The number of aromatic nitrogens is 1. The summed E-state index contributed by atoms with van der Waals surface area (Å²) in [6.45, 7) is 12.9. The average Bonchev–Trinajstić information content (AvgIpc) is 2.61. The topological polar surface area (TPSA) is 3.88 Å². The quantitative estimate of drug-likeness (QED) is 0.447. The minimum absolute atomic E-state index is 0.00520. The highest BCUT2D eigenvalue weighted by atomic mass is 19.1. The fourth-order valence-corrected chi connectivity index (χ4v) is 4.12. The average molecular weight is 379 g/mol. The minimum atomic E-state index is -0.00520. The van der Waals surface area contributed by atoms with Crippen molar-refractivity contribution >= 4 is 10.9 Å². The summed E-state index contributed by atoms with van der Waals surface area (Å²) in [6, 6.07) is 12.9. The Morgan fingerprint density at radius 3 is 2.21 bits per heavy atom. The molecule has 0 spiro atoms. The van der Waals surface area contributed by atoms with Crippen LogP contribution in [0.3, 0.4) is 0 Å². The van der Waals surface area contributed by atoms with Crippen LogP contribution >= 0.6 is 0 Å². The molecule has 3 aromatic rings. The van der Waals surface area contributed by atoms with E-state index in [0.717, 1.165) is 34.9 Å². The van der Waals surface area contributed by atoms with Gasteiger partial charge in [-0.1, -0.05) is 45.4 Å². The zero-order valence-electron chi connectivity index (χ0n) is 18.4. The summed E-state index contributed by atoms with van der Waals surface area (Å²) in [4.78, 5) is 0. The van der Waals surface area contributed by atoms with Gasteiger partial charge in [0.1, 0.15) is 12.9 Å². The van der Waals surface area contributed by atoms with Gasteiger partial charge in [-0.3, -0.25) is 0 Å². The van der Waals surface area contributed by atoms with Crippen LogP contribution in [0.4, 0.5) is 4.39 Å². The summed E-state index contributed by atoms with van der Waals surface area (Å²) in [5, 5.41) is 1.04. The Balaban J connectivity index is 2.31. The van der Waals surface area contributed by atoms with Crippen LogP contribution in [0.15, 0.2) is 36.4 Å². The van der Waals surface area contributed by atoms with Gasteiger partial charge < -0.3 is 0 Å². The molecule has 1 heterocycles. The lowest BCUT2D eigenvalue weighted by atomic mass is 9.92. The van der Waals surface area contributed by atoms with E-state index in [1.54, 1.807) is 0 Å². The van der Waals surface area contributed by atoms with E-state index in [9.17, 15) is 0 Å². The fraction of sp³-hybridized carbons (Fsp3) is 0.423. The molecule has 148 valence electrons. The van der Waals surface area contributed by atoms with Crippen LogP contribution < -0.4 is 4.57 Å². The highest BCUT2D eigenvalue weighted by Gasteiger charge is 2.23. The molecule has 0 atom stereocenters. The molecule has 0 amide bonds. The summed E-state index contributed by atoms with van der Waals surface area (Å²) in [7, 11) is 2.11. The molecule has 1 aromatic heterocycles. The van der Waals surface area contributed by atoms with Crippen LogP contribution in [0.1, 0.15) is 49.9 Å². The molecular weight excluding hydrogens is 345 g/mol. The van der Waals surface area contributed by atoms with Crippen LogP contribution in [0.25, 0.3) is 22.2 Å². The number of halogens is 1. The van der Waals surface area contributed by atoms with Gasteiger partial charge in [-0.25, -0.2) is 4.39 Å². The lowest BCUT2D eigenvalue weighted by Crippen LogP contribution is -2.33. The van der Waals surface area contributed by atoms with Crippen LogP contribution in [-0.4, -0.2) is 0 Å². The first-order valence-electron chi connectivity index (χ1n) is 10.4. The second-order valence-electron chi connectivity index (χ2n) is 9.05. The molecule has 0 fully saturated rings. The van der Waals surface area contributed by atoms with E-state index in [1.165, 1.54) is 22.4 Å². The van der Waals surface area contributed by atoms with E-state index in [0.29, 0.717) is 11.8 Å². The van der Waals surface area contributed by atoms with Crippen molar-refractivity contribution in [2.75, 3.05) is 0 Å². The van der Waals surface area contributed by atoms with Crippen molar-refractivity contribution in [2.24, 2.45) is 18.9 Å². The zero-order chi connectivity index (χ0) is 20.6. The summed E-state index contributed by atoms with van der Waals surface area (Å²) in [6.07, 6.45) is 1.53. The summed E-state index contributed by atoms with van der Waals surface area (Å²) in [5.74, 6) is 0.830. The van der Waals surface area contributed by atoms with Gasteiger partial charge in [-0.05, 0) is 61.8 Å². The largest absolute Gasteiger partial charge is 0.213 e. The van der Waals surface area contributed by atoms with E-state index < -0.39 is 0 Å². The molecule has 3 rings (SSSR count). The number of fused-ring (bicyclic) bond motifs is 1. The molecule has 0 unspecified atom stereocenters. The van der Waals surface area contributed by atoms with E-state index in [4.69, 9.17) is 0 Å². The van der Waals surface area contributed by atoms with Gasteiger partial charge in [0.2, 0.25) is 11.2 Å². The van der Waals surface area contributed by atoms with Gasteiger partial charge in [0.25, 0.3) is 0 Å². The first kappa shape index (κ1) is 20.5. The van der Waals surface area contributed by atoms with Crippen LogP contribution in [0, 0.1) is 31.5 Å². The van der Waals surface area contributed by atoms with E-state index in [2.05, 4.69) is 89.6 Å². The zero-order valence-corrected chi connectivity index (χ0v) is 18.4. The van der Waals surface area contributed by atoms with Gasteiger partial charge in [-0.2, -0.15) is 4.57 Å². The smallest absolute Gasteiger partial charge is 0.206 e. The van der Waals surface area contributed by atoms with Crippen LogP contribution in [0.5, 0.6) is 0 Å². The van der Waals surface area contributed by atoms with Crippen molar-refractivity contribution in [1.82, 2.24) is 0 Å². The van der Waals surface area contributed by atoms with Gasteiger partial charge in [0.05, 0.1) is 5.39 Å². The van der Waals surface area contributed by atoms with Crippen molar-refractivity contribution in [2.45, 2.75) is 54.4 Å². The first-order valence-corrected chi connectivity index (χ1v) is 10.4. The van der Waals surface area contributed by atoms with Crippen molar-refractivity contribution in [3.8, 4) is 11.3 Å². The molecule has 0 saturated carbocycles. The third kappa shape index (κ3) is 3.97. The molecule has 2 heteroatoms. The van der Waals surface area contributed by atoms with Crippen molar-refractivity contribution < 1.29 is 8.96 Å². The lowest BCUT2D eigenvalue weighted by molar-refractivity contribution is -0.633. The number of nitrogens with zero attached hydrogens (tertiary/aromatic N) is 1. The lowest BCUT2D eigenvalue weighted by Gasteiger charge is -2.16. The van der Waals surface area contributed by atoms with Gasteiger partial charge in [0.15, 0.2) is 0 Å². The maximum atomic E-state index is 15.4. The fourth-order valence-electron chi connectivity index (χ4n) is 4.12. The Morgan fingerprint density at radius 1 is 0.893 bits per heavy atom. The number of aryl methyl sites for hydroxylation is 3. The standard InChI is InChI=1S/C26H33FN/c1-16(2)12-20-15-25-21(23(26(20)27)13-17(3)4)10-11-24(28(25)7)22-14-18(5)8-9-19(22)6/h8-11,14-17H,12-13H2,1-7H3/q+1. The molecule has 1 nitrogen and oxygen atoms in total. The molecule has 28 heavy (non-hydrogen) atoms. The number of rotatable bonds is 5. The Bertz CT molecular complexity index is 1010. The molecule has 0 aliphatic carbocycles. The molecule has 0 saturated heterocycles. The SMILES string of the molecule is Cc1ccc(C)c(-c2ccc3c(CC(C)C)c(F)c(CC(C)C)cc3[n+]2C)c1. The number of hydrogen-bond acceptors (Lipinski definition) is 0. The Hall–Kier alpha value is -2.22. The maximum absolute atomic E-state index is 15.4. The number of benzene rings is 2. The highest BCUT2D eigenvalue weighted by molar-refractivity contribution is 5.82. The summed E-state index contributed by atoms with van der Waals surface area (Å²) in [5.41, 5.74) is 7.74. The molecule has 0 N–H and O–H groups in total. The molecule has 0 aliphatic heterocycles. The predicted molar refractivity (Wildman–Crippen MR) is 117 cm³/mol. The monoisotopic (exact) mass is 378 g/mol. The van der Waals surface area contributed by atoms with Crippen LogP contribution in [0.2, 0.25) is 0 Å². The molecule has 2 aromatic carbocycles. The Labute approximate surface area is 169 Å². The van der Waals surface area contributed by atoms with Gasteiger partial charge in [-0.15, -0.1) is 0 Å². The van der Waals surface area contributed by atoms with Crippen LogP contribution in [-0.2, 0) is 19.9 Å². The number of pyridine rings is 1. The molecule has 0 radical (unpaired) electrons. The second kappa shape index (κ2) is 8.03. The van der Waals surface area contributed by atoms with Gasteiger partial charge >= 0.3 is 0 Å². The van der Waals surface area contributed by atoms with Crippen molar-refractivity contribution in [3.05, 3.63) is 64.5 Å². The third-order valence-electron chi connectivity index (χ3n) is 5.50. The van der Waals surface area contributed by atoms with E-state index >= 15 is 4.39 Å². The second-order valence-corrected chi connectivity index (χ2v) is 9.05. The molecule has 0 aliphatic rings. The summed E-state index contributed by atoms with van der Waals surface area (Å²) < 4.78 is 17.6. The van der Waals surface area contributed by atoms with Crippen molar-refractivity contribution in [1.29, 1.82) is 0 Å². The van der Waals surface area contributed by atoms with E-state index in [-0.39, 0.29) is 5.82 Å². The summed E-state index contributed by atoms with van der Waals surface area (Å²) >= 11 is 0. The van der Waals surface area contributed by atoms with Crippen molar-refractivity contribution in [3.63, 3.8) is 0 Å². The highest BCUT2D eigenvalue weighted by Crippen LogP contribution is 2.30. The number of hydrogen-bond donors (Lipinski definition) is 0. The maximum Gasteiger partial charge on any atom is 0.213 e. The Kier molecular flexibility index (Phi) is 5.88. The normalized spacial score (nSPS) is 11.8. The Morgan fingerprint density at radius 2 is 1.57 bits per heavy atom. The third-order valence-corrected chi connectivity index (χ3v) is 5.50. The molecule has 0 bridgehead atoms.